The number of thiazole rings is 1. The highest BCUT2D eigenvalue weighted by molar-refractivity contribution is 14.0. The number of hydrogen-bond donors (Lipinski definition) is 2. The van der Waals surface area contributed by atoms with E-state index < -0.39 is 11.9 Å². The fourth-order valence-corrected chi connectivity index (χ4v) is 3.78. The fraction of sp³-hybridized carbons (Fsp3) is 0.765. The van der Waals surface area contributed by atoms with Crippen LogP contribution in [0.2, 0.25) is 0 Å². The highest BCUT2D eigenvalue weighted by Crippen LogP contribution is 2.29. The fourth-order valence-electron chi connectivity index (χ4n) is 3.04. The minimum atomic E-state index is -4.39. The van der Waals surface area contributed by atoms with Crippen molar-refractivity contribution in [1.82, 2.24) is 20.5 Å². The normalized spacial score (nSPS) is 18.9. The first-order valence-corrected chi connectivity index (χ1v) is 9.98. The van der Waals surface area contributed by atoms with Gasteiger partial charge in [-0.1, -0.05) is 6.42 Å². The maximum absolute atomic E-state index is 12.5. The summed E-state index contributed by atoms with van der Waals surface area (Å²) in [5.41, 5.74) is -0.839. The van der Waals surface area contributed by atoms with E-state index in [1.165, 1.54) is 25.8 Å². The number of aromatic nitrogens is 1. The van der Waals surface area contributed by atoms with Crippen molar-refractivity contribution in [2.24, 2.45) is 4.99 Å². The van der Waals surface area contributed by atoms with Crippen LogP contribution in [0.3, 0.4) is 0 Å². The number of halogens is 4. The molecule has 1 aromatic heterocycles. The number of guanidine groups is 1. The second kappa shape index (κ2) is 12.1. The maximum Gasteiger partial charge on any atom is 0.434 e. The van der Waals surface area contributed by atoms with Gasteiger partial charge in [-0.15, -0.1) is 35.3 Å². The average Bonchev–Trinajstić information content (AvgIpc) is 3.08. The first-order valence-electron chi connectivity index (χ1n) is 9.10. The van der Waals surface area contributed by atoms with E-state index in [0.29, 0.717) is 17.0 Å². The SMILES string of the molecule is CN=C(NCCCCN1CCCCC1C)NCc1nc(C(F)(F)F)cs1.I. The Morgan fingerprint density at radius 1 is 1.33 bits per heavy atom. The number of piperidine rings is 1. The molecule has 2 heterocycles. The molecule has 2 N–H and O–H groups in total. The molecule has 0 saturated carbocycles. The third-order valence-electron chi connectivity index (χ3n) is 4.58. The molecule has 0 radical (unpaired) electrons. The Labute approximate surface area is 180 Å². The lowest BCUT2D eigenvalue weighted by molar-refractivity contribution is -0.140. The van der Waals surface area contributed by atoms with Crippen molar-refractivity contribution in [1.29, 1.82) is 0 Å². The molecule has 0 amide bonds. The van der Waals surface area contributed by atoms with Crippen molar-refractivity contribution >= 4 is 41.3 Å². The largest absolute Gasteiger partial charge is 0.434 e. The third kappa shape index (κ3) is 8.51. The van der Waals surface area contributed by atoms with Crippen molar-refractivity contribution in [3.8, 4) is 0 Å². The van der Waals surface area contributed by atoms with Crippen LogP contribution >= 0.6 is 35.3 Å². The quantitative estimate of drug-likeness (QED) is 0.247. The number of nitrogens with one attached hydrogen (secondary N) is 2. The van der Waals surface area contributed by atoms with Gasteiger partial charge in [0.25, 0.3) is 0 Å². The Morgan fingerprint density at radius 2 is 2.11 bits per heavy atom. The summed E-state index contributed by atoms with van der Waals surface area (Å²) in [5.74, 6) is 0.583. The molecule has 2 rings (SSSR count). The van der Waals surface area contributed by atoms with Crippen molar-refractivity contribution in [2.45, 2.75) is 57.8 Å². The van der Waals surface area contributed by atoms with Gasteiger partial charge in [0.15, 0.2) is 11.7 Å². The zero-order chi connectivity index (χ0) is 19.0. The second-order valence-corrected chi connectivity index (χ2v) is 7.51. The Kier molecular flexibility index (Phi) is 10.9. The molecule has 1 unspecified atom stereocenters. The molecular formula is C17H29F3IN5S. The van der Waals surface area contributed by atoms with Crippen LogP contribution in [-0.2, 0) is 12.7 Å². The van der Waals surface area contributed by atoms with Crippen molar-refractivity contribution in [2.75, 3.05) is 26.7 Å². The van der Waals surface area contributed by atoms with Crippen LogP contribution < -0.4 is 10.6 Å². The summed E-state index contributed by atoms with van der Waals surface area (Å²) in [4.78, 5) is 10.2. The summed E-state index contributed by atoms with van der Waals surface area (Å²) in [5, 5.41) is 7.63. The number of aliphatic imine (C=N–C) groups is 1. The molecule has 1 aliphatic heterocycles. The van der Waals surface area contributed by atoms with Crippen molar-refractivity contribution in [3.05, 3.63) is 16.1 Å². The van der Waals surface area contributed by atoms with Crippen LogP contribution in [0.5, 0.6) is 0 Å². The number of alkyl halides is 3. The summed E-state index contributed by atoms with van der Waals surface area (Å²) < 4.78 is 37.6. The first kappa shape index (κ1) is 24.4. The topological polar surface area (TPSA) is 52.6 Å². The van der Waals surface area contributed by atoms with E-state index in [0.717, 1.165) is 42.6 Å². The number of rotatable bonds is 7. The molecule has 0 aromatic carbocycles. The van der Waals surface area contributed by atoms with Gasteiger partial charge in [-0.05, 0) is 45.7 Å². The Balaban J connectivity index is 0.00000364. The van der Waals surface area contributed by atoms with E-state index in [1.807, 2.05) is 0 Å². The summed E-state index contributed by atoms with van der Waals surface area (Å²) in [6.45, 7) is 5.63. The number of hydrogen-bond acceptors (Lipinski definition) is 4. The Hall–Kier alpha value is -0.620. The zero-order valence-corrected chi connectivity index (χ0v) is 19.0. The lowest BCUT2D eigenvalue weighted by Gasteiger charge is -2.33. The molecule has 10 heteroatoms. The molecule has 1 aliphatic rings. The molecule has 1 atom stereocenters. The van der Waals surface area contributed by atoms with E-state index >= 15 is 0 Å². The van der Waals surface area contributed by atoms with Gasteiger partial charge in [0, 0.05) is 25.0 Å². The highest BCUT2D eigenvalue weighted by atomic mass is 127. The van der Waals surface area contributed by atoms with E-state index in [-0.39, 0.29) is 30.5 Å². The van der Waals surface area contributed by atoms with Gasteiger partial charge in [-0.25, -0.2) is 4.98 Å². The standard InChI is InChI=1S/C17H28F3N5S.HI/c1-13-7-3-5-9-25(13)10-6-4-8-22-16(21-2)23-11-15-24-14(12-26-15)17(18,19)20;/h12-13H,3-11H2,1-2H3,(H2,21,22,23);1H. The monoisotopic (exact) mass is 519 g/mol. The lowest BCUT2D eigenvalue weighted by atomic mass is 10.0. The molecule has 1 saturated heterocycles. The van der Waals surface area contributed by atoms with Crippen molar-refractivity contribution in [3.63, 3.8) is 0 Å². The molecule has 1 aromatic rings. The minimum Gasteiger partial charge on any atom is -0.356 e. The van der Waals surface area contributed by atoms with Gasteiger partial charge in [0.1, 0.15) is 5.01 Å². The van der Waals surface area contributed by atoms with Gasteiger partial charge < -0.3 is 15.5 Å². The average molecular weight is 519 g/mol. The molecule has 156 valence electrons. The van der Waals surface area contributed by atoms with E-state index in [4.69, 9.17) is 0 Å². The number of nitrogens with zero attached hydrogens (tertiary/aromatic N) is 3. The molecule has 1 fully saturated rings. The van der Waals surface area contributed by atoms with Crippen LogP contribution in [-0.4, -0.2) is 48.6 Å². The van der Waals surface area contributed by atoms with E-state index in [1.54, 1.807) is 7.05 Å². The Bertz CT molecular complexity index is 579. The molecule has 27 heavy (non-hydrogen) atoms. The third-order valence-corrected chi connectivity index (χ3v) is 5.43. The first-order chi connectivity index (χ1) is 12.4. The highest BCUT2D eigenvalue weighted by Gasteiger charge is 2.33. The van der Waals surface area contributed by atoms with Gasteiger partial charge in [0.05, 0.1) is 6.54 Å². The van der Waals surface area contributed by atoms with Crippen LogP contribution in [0, 0.1) is 0 Å². The molecule has 0 bridgehead atoms. The predicted molar refractivity (Wildman–Crippen MR) is 115 cm³/mol. The number of likely N-dealkylation sites (tertiary alicyclic amines) is 1. The van der Waals surface area contributed by atoms with Crippen LogP contribution in [0.1, 0.15) is 49.7 Å². The minimum absolute atomic E-state index is 0. The van der Waals surface area contributed by atoms with Crippen LogP contribution in [0.15, 0.2) is 10.4 Å². The van der Waals surface area contributed by atoms with Gasteiger partial charge in [0.2, 0.25) is 0 Å². The van der Waals surface area contributed by atoms with E-state index in [9.17, 15) is 13.2 Å². The molecular weight excluding hydrogens is 490 g/mol. The predicted octanol–water partition coefficient (Wildman–Crippen LogP) is 4.10. The van der Waals surface area contributed by atoms with Crippen LogP contribution in [0.25, 0.3) is 0 Å². The molecule has 0 aliphatic carbocycles. The smallest absolute Gasteiger partial charge is 0.356 e. The second-order valence-electron chi connectivity index (χ2n) is 6.56. The van der Waals surface area contributed by atoms with E-state index in [2.05, 4.69) is 32.4 Å². The van der Waals surface area contributed by atoms with Gasteiger partial charge >= 0.3 is 6.18 Å². The summed E-state index contributed by atoms with van der Waals surface area (Å²) in [6, 6.07) is 0.686. The lowest BCUT2D eigenvalue weighted by Crippen LogP contribution is -2.39. The summed E-state index contributed by atoms with van der Waals surface area (Å²) in [6.07, 6.45) is 1.69. The van der Waals surface area contributed by atoms with Crippen molar-refractivity contribution < 1.29 is 13.2 Å². The van der Waals surface area contributed by atoms with Gasteiger partial charge in [-0.2, -0.15) is 13.2 Å². The van der Waals surface area contributed by atoms with Crippen LogP contribution in [0.4, 0.5) is 13.2 Å². The summed E-state index contributed by atoms with van der Waals surface area (Å²) in [7, 11) is 1.65. The Morgan fingerprint density at radius 3 is 2.74 bits per heavy atom. The zero-order valence-electron chi connectivity index (χ0n) is 15.8. The molecule has 5 nitrogen and oxygen atoms in total. The summed E-state index contributed by atoms with van der Waals surface area (Å²) >= 11 is 0.995. The molecule has 0 spiro atoms. The maximum atomic E-state index is 12.5. The number of unbranched alkanes of at least 4 members (excludes halogenated alkanes) is 1. The van der Waals surface area contributed by atoms with Gasteiger partial charge in [-0.3, -0.25) is 4.99 Å².